The number of methoxy groups -OCH3 is 1. The summed E-state index contributed by atoms with van der Waals surface area (Å²) in [6.07, 6.45) is 4.04. The molecule has 0 fully saturated rings. The minimum Gasteiger partial charge on any atom is -0.496 e. The molecule has 3 nitrogen and oxygen atoms in total. The summed E-state index contributed by atoms with van der Waals surface area (Å²) in [5.41, 5.74) is 0.596. The summed E-state index contributed by atoms with van der Waals surface area (Å²) in [6.45, 7) is 4.13. The Labute approximate surface area is 113 Å². The van der Waals surface area contributed by atoms with Crippen molar-refractivity contribution in [2.45, 2.75) is 37.6 Å². The highest BCUT2D eigenvalue weighted by molar-refractivity contribution is 7.98. The average molecular weight is 267 g/mol. The van der Waals surface area contributed by atoms with Gasteiger partial charge in [-0.1, -0.05) is 13.3 Å². The van der Waals surface area contributed by atoms with Gasteiger partial charge in [0.25, 0.3) is 5.91 Å². The Balaban J connectivity index is 2.84. The van der Waals surface area contributed by atoms with Crippen molar-refractivity contribution in [2.24, 2.45) is 0 Å². The zero-order chi connectivity index (χ0) is 13.5. The van der Waals surface area contributed by atoms with E-state index in [0.717, 1.165) is 17.7 Å². The second-order valence-electron chi connectivity index (χ2n) is 4.23. The van der Waals surface area contributed by atoms with Gasteiger partial charge in [-0.15, -0.1) is 11.8 Å². The van der Waals surface area contributed by atoms with E-state index in [1.54, 1.807) is 18.9 Å². The molecule has 0 saturated carbocycles. The molecule has 1 amide bonds. The number of thioether (sulfide) groups is 1. The molecule has 0 aliphatic rings. The summed E-state index contributed by atoms with van der Waals surface area (Å²) in [6, 6.07) is 5.84. The standard InChI is InChI=1S/C14H21NO2S/c1-5-6-10(2)15-14(16)12-8-7-11(18-4)9-13(12)17-3/h7-10H,5-6H2,1-4H3,(H,15,16). The van der Waals surface area contributed by atoms with Crippen molar-refractivity contribution in [1.29, 1.82) is 0 Å². The molecule has 0 aliphatic carbocycles. The minimum absolute atomic E-state index is 0.0690. The lowest BCUT2D eigenvalue weighted by Gasteiger charge is -2.15. The van der Waals surface area contributed by atoms with E-state index in [1.165, 1.54) is 0 Å². The smallest absolute Gasteiger partial charge is 0.255 e. The highest BCUT2D eigenvalue weighted by atomic mass is 32.2. The van der Waals surface area contributed by atoms with E-state index >= 15 is 0 Å². The molecule has 4 heteroatoms. The molecule has 0 bridgehead atoms. The zero-order valence-electron chi connectivity index (χ0n) is 11.4. The van der Waals surface area contributed by atoms with Crippen LogP contribution in [0, 0.1) is 0 Å². The third-order valence-electron chi connectivity index (χ3n) is 2.75. The highest BCUT2D eigenvalue weighted by Crippen LogP contribution is 2.25. The van der Waals surface area contributed by atoms with Gasteiger partial charge < -0.3 is 10.1 Å². The van der Waals surface area contributed by atoms with Gasteiger partial charge in [-0.05, 0) is 37.8 Å². The molecule has 0 radical (unpaired) electrons. The average Bonchev–Trinajstić information content (AvgIpc) is 2.38. The second kappa shape index (κ2) is 7.31. The molecule has 0 aromatic heterocycles. The number of carbonyl (C=O) groups excluding carboxylic acids is 1. The number of carbonyl (C=O) groups is 1. The molecular formula is C14H21NO2S. The number of ether oxygens (including phenoxy) is 1. The molecule has 1 unspecified atom stereocenters. The van der Waals surface area contributed by atoms with Gasteiger partial charge in [0, 0.05) is 10.9 Å². The Bertz CT molecular complexity index is 407. The van der Waals surface area contributed by atoms with E-state index in [0.29, 0.717) is 11.3 Å². The van der Waals surface area contributed by atoms with Crippen molar-refractivity contribution >= 4 is 17.7 Å². The fraction of sp³-hybridized carbons (Fsp3) is 0.500. The van der Waals surface area contributed by atoms with Gasteiger partial charge in [0.15, 0.2) is 0 Å². The number of hydrogen-bond donors (Lipinski definition) is 1. The molecule has 0 saturated heterocycles. The predicted molar refractivity (Wildman–Crippen MR) is 76.6 cm³/mol. The lowest BCUT2D eigenvalue weighted by Crippen LogP contribution is -2.32. The first-order valence-corrected chi connectivity index (χ1v) is 7.37. The topological polar surface area (TPSA) is 38.3 Å². The summed E-state index contributed by atoms with van der Waals surface area (Å²) in [4.78, 5) is 13.2. The largest absolute Gasteiger partial charge is 0.496 e. The van der Waals surface area contributed by atoms with Crippen LogP contribution in [0.5, 0.6) is 5.75 Å². The summed E-state index contributed by atoms with van der Waals surface area (Å²) in [7, 11) is 1.59. The van der Waals surface area contributed by atoms with Gasteiger partial charge in [0.1, 0.15) is 5.75 Å². The number of rotatable bonds is 6. The third kappa shape index (κ3) is 3.95. The molecule has 1 atom stereocenters. The first-order chi connectivity index (χ1) is 8.62. The lowest BCUT2D eigenvalue weighted by atomic mass is 10.1. The van der Waals surface area contributed by atoms with Crippen LogP contribution in [0.2, 0.25) is 0 Å². The Kier molecular flexibility index (Phi) is 6.05. The number of amides is 1. The summed E-state index contributed by atoms with van der Waals surface area (Å²) in [5, 5.41) is 2.98. The predicted octanol–water partition coefficient (Wildman–Crippen LogP) is 3.34. The van der Waals surface area contributed by atoms with Crippen LogP contribution in [0.4, 0.5) is 0 Å². The van der Waals surface area contributed by atoms with E-state index in [9.17, 15) is 4.79 Å². The van der Waals surface area contributed by atoms with Crippen LogP contribution in [-0.2, 0) is 0 Å². The fourth-order valence-electron chi connectivity index (χ4n) is 1.79. The minimum atomic E-state index is -0.0690. The van der Waals surface area contributed by atoms with Crippen molar-refractivity contribution in [3.63, 3.8) is 0 Å². The van der Waals surface area contributed by atoms with Crippen LogP contribution < -0.4 is 10.1 Å². The van der Waals surface area contributed by atoms with Crippen LogP contribution in [0.15, 0.2) is 23.1 Å². The molecule has 1 aromatic rings. The summed E-state index contributed by atoms with van der Waals surface area (Å²) in [5.74, 6) is 0.559. The van der Waals surface area contributed by atoms with Crippen LogP contribution in [0.1, 0.15) is 37.0 Å². The van der Waals surface area contributed by atoms with E-state index in [4.69, 9.17) is 4.74 Å². The molecule has 0 spiro atoms. The number of benzene rings is 1. The molecule has 18 heavy (non-hydrogen) atoms. The number of hydrogen-bond acceptors (Lipinski definition) is 3. The quantitative estimate of drug-likeness (QED) is 0.803. The van der Waals surface area contributed by atoms with Crippen molar-refractivity contribution in [1.82, 2.24) is 5.32 Å². The van der Waals surface area contributed by atoms with Crippen molar-refractivity contribution in [2.75, 3.05) is 13.4 Å². The molecule has 1 aromatic carbocycles. The van der Waals surface area contributed by atoms with E-state index < -0.39 is 0 Å². The van der Waals surface area contributed by atoms with Crippen LogP contribution in [0.3, 0.4) is 0 Å². The maximum absolute atomic E-state index is 12.1. The maximum Gasteiger partial charge on any atom is 0.255 e. The molecule has 0 heterocycles. The van der Waals surface area contributed by atoms with Gasteiger partial charge in [-0.25, -0.2) is 0 Å². The van der Waals surface area contributed by atoms with Gasteiger partial charge in [0.2, 0.25) is 0 Å². The zero-order valence-corrected chi connectivity index (χ0v) is 12.3. The van der Waals surface area contributed by atoms with Gasteiger partial charge in [-0.2, -0.15) is 0 Å². The van der Waals surface area contributed by atoms with Crippen molar-refractivity contribution in [3.05, 3.63) is 23.8 Å². The Morgan fingerprint density at radius 3 is 2.78 bits per heavy atom. The lowest BCUT2D eigenvalue weighted by molar-refractivity contribution is 0.0935. The summed E-state index contributed by atoms with van der Waals surface area (Å²) >= 11 is 1.63. The highest BCUT2D eigenvalue weighted by Gasteiger charge is 2.14. The maximum atomic E-state index is 12.1. The molecule has 1 N–H and O–H groups in total. The molecule has 0 aliphatic heterocycles. The Morgan fingerprint density at radius 2 is 2.22 bits per heavy atom. The van der Waals surface area contributed by atoms with Crippen LogP contribution in [-0.4, -0.2) is 25.3 Å². The van der Waals surface area contributed by atoms with Crippen molar-refractivity contribution in [3.8, 4) is 5.75 Å². The third-order valence-corrected chi connectivity index (χ3v) is 3.48. The van der Waals surface area contributed by atoms with E-state index in [2.05, 4.69) is 12.2 Å². The Morgan fingerprint density at radius 1 is 1.50 bits per heavy atom. The molecular weight excluding hydrogens is 246 g/mol. The SMILES string of the molecule is CCCC(C)NC(=O)c1ccc(SC)cc1OC. The Hall–Kier alpha value is -1.16. The monoisotopic (exact) mass is 267 g/mol. The first-order valence-electron chi connectivity index (χ1n) is 6.15. The first kappa shape index (κ1) is 14.9. The van der Waals surface area contributed by atoms with Gasteiger partial charge in [0.05, 0.1) is 12.7 Å². The normalized spacial score (nSPS) is 12.0. The second-order valence-corrected chi connectivity index (χ2v) is 5.11. The van der Waals surface area contributed by atoms with E-state index in [-0.39, 0.29) is 11.9 Å². The summed E-state index contributed by atoms with van der Waals surface area (Å²) < 4.78 is 5.28. The molecule has 1 rings (SSSR count). The van der Waals surface area contributed by atoms with Crippen molar-refractivity contribution < 1.29 is 9.53 Å². The van der Waals surface area contributed by atoms with Gasteiger partial charge >= 0.3 is 0 Å². The number of nitrogens with one attached hydrogen (secondary N) is 1. The molecule has 100 valence electrons. The van der Waals surface area contributed by atoms with E-state index in [1.807, 2.05) is 31.4 Å². The van der Waals surface area contributed by atoms with Gasteiger partial charge in [-0.3, -0.25) is 4.79 Å². The van der Waals surface area contributed by atoms with Crippen LogP contribution >= 0.6 is 11.8 Å². The fourth-order valence-corrected chi connectivity index (χ4v) is 2.22. The van der Waals surface area contributed by atoms with Crippen LogP contribution in [0.25, 0.3) is 0 Å².